The lowest BCUT2D eigenvalue weighted by atomic mass is 10.4. The van der Waals surface area contributed by atoms with E-state index in [0.29, 0.717) is 5.13 Å². The summed E-state index contributed by atoms with van der Waals surface area (Å²) in [5, 5.41) is 12.6. The third-order valence-corrected chi connectivity index (χ3v) is 2.76. The highest BCUT2D eigenvalue weighted by Crippen LogP contribution is 2.21. The van der Waals surface area contributed by atoms with Gasteiger partial charge in [0.25, 0.3) is 0 Å². The fourth-order valence-corrected chi connectivity index (χ4v) is 1.89. The molecule has 0 aliphatic heterocycles. The van der Waals surface area contributed by atoms with Crippen LogP contribution in [0.2, 0.25) is 0 Å². The van der Waals surface area contributed by atoms with Gasteiger partial charge in [-0.2, -0.15) is 0 Å². The van der Waals surface area contributed by atoms with Crippen LogP contribution in [-0.4, -0.2) is 48.1 Å². The molecule has 0 atom stereocenters. The second-order valence-electron chi connectivity index (χ2n) is 3.46. The Labute approximate surface area is 92.7 Å². The second kappa shape index (κ2) is 5.09. The van der Waals surface area contributed by atoms with Crippen molar-refractivity contribution in [3.8, 4) is 0 Å². The van der Waals surface area contributed by atoms with Gasteiger partial charge in [-0.1, -0.05) is 0 Å². The maximum Gasteiger partial charge on any atom is 0.355 e. The van der Waals surface area contributed by atoms with E-state index < -0.39 is 5.97 Å². The van der Waals surface area contributed by atoms with Crippen LogP contribution in [0.4, 0.5) is 5.13 Å². The number of hydrogen-bond acceptors (Lipinski definition) is 5. The number of carboxylic acids is 1. The molecule has 0 amide bonds. The van der Waals surface area contributed by atoms with Gasteiger partial charge >= 0.3 is 5.97 Å². The Bertz CT molecular complexity index is 349. The van der Waals surface area contributed by atoms with Crippen LogP contribution in [0.15, 0.2) is 0 Å². The van der Waals surface area contributed by atoms with Gasteiger partial charge in [0.2, 0.25) is 0 Å². The van der Waals surface area contributed by atoms with Gasteiger partial charge in [0, 0.05) is 18.0 Å². The quantitative estimate of drug-likeness (QED) is 0.792. The smallest absolute Gasteiger partial charge is 0.355 e. The van der Waals surface area contributed by atoms with Crippen molar-refractivity contribution < 1.29 is 9.90 Å². The van der Waals surface area contributed by atoms with Gasteiger partial charge < -0.3 is 15.3 Å². The first-order chi connectivity index (χ1) is 7.00. The van der Waals surface area contributed by atoms with Gasteiger partial charge in [-0.05, 0) is 21.0 Å². The highest BCUT2D eigenvalue weighted by Gasteiger charge is 2.13. The van der Waals surface area contributed by atoms with E-state index in [1.165, 1.54) is 11.3 Å². The number of aromatic nitrogens is 1. The van der Waals surface area contributed by atoms with E-state index in [0.717, 1.165) is 18.0 Å². The number of nitrogens with zero attached hydrogens (tertiary/aromatic N) is 2. The minimum absolute atomic E-state index is 0.146. The molecule has 0 spiro atoms. The number of likely N-dealkylation sites (N-methyl/N-ethyl adjacent to an activating group) is 1. The van der Waals surface area contributed by atoms with Gasteiger partial charge in [-0.25, -0.2) is 9.78 Å². The summed E-state index contributed by atoms with van der Waals surface area (Å²) in [6, 6.07) is 0. The average Bonchev–Trinajstić information content (AvgIpc) is 2.46. The zero-order valence-electron chi connectivity index (χ0n) is 9.07. The maximum absolute atomic E-state index is 10.7. The largest absolute Gasteiger partial charge is 0.476 e. The summed E-state index contributed by atoms with van der Waals surface area (Å²) >= 11 is 1.37. The molecule has 0 saturated carbocycles. The number of anilines is 1. The summed E-state index contributed by atoms with van der Waals surface area (Å²) in [6.45, 7) is 3.41. The summed E-state index contributed by atoms with van der Waals surface area (Å²) in [5.41, 5.74) is 0.146. The first-order valence-electron chi connectivity index (χ1n) is 4.60. The number of carbonyl (C=O) groups is 1. The molecule has 0 fully saturated rings. The number of aryl methyl sites for hydroxylation is 1. The number of carboxylic acid groups (broad SMARTS) is 1. The lowest BCUT2D eigenvalue weighted by Crippen LogP contribution is -2.20. The van der Waals surface area contributed by atoms with Gasteiger partial charge in [-0.3, -0.25) is 0 Å². The zero-order valence-corrected chi connectivity index (χ0v) is 9.89. The van der Waals surface area contributed by atoms with Crippen LogP contribution in [0.5, 0.6) is 0 Å². The minimum Gasteiger partial charge on any atom is -0.476 e. The summed E-state index contributed by atoms with van der Waals surface area (Å²) in [7, 11) is 3.97. The minimum atomic E-state index is -0.968. The number of aromatic carboxylic acids is 1. The van der Waals surface area contributed by atoms with Crippen molar-refractivity contribution in [3.05, 3.63) is 10.6 Å². The maximum atomic E-state index is 10.7. The summed E-state index contributed by atoms with van der Waals surface area (Å²) in [4.78, 5) is 17.5. The molecule has 1 rings (SSSR count). The molecule has 1 heterocycles. The number of hydrogen-bond donors (Lipinski definition) is 2. The van der Waals surface area contributed by atoms with Crippen molar-refractivity contribution in [2.45, 2.75) is 6.92 Å². The van der Waals surface area contributed by atoms with Crippen LogP contribution < -0.4 is 5.32 Å². The molecule has 0 bridgehead atoms. The molecular formula is C9H15N3O2S. The molecule has 1 aromatic heterocycles. The first-order valence-corrected chi connectivity index (χ1v) is 5.41. The second-order valence-corrected chi connectivity index (χ2v) is 4.66. The van der Waals surface area contributed by atoms with Crippen molar-refractivity contribution in [2.24, 2.45) is 0 Å². The highest BCUT2D eigenvalue weighted by molar-refractivity contribution is 7.15. The third kappa shape index (κ3) is 3.49. The molecule has 2 N–H and O–H groups in total. The molecule has 84 valence electrons. The molecule has 0 radical (unpaired) electrons. The van der Waals surface area contributed by atoms with Crippen LogP contribution in [0.1, 0.15) is 15.4 Å². The van der Waals surface area contributed by atoms with Gasteiger partial charge in [0.1, 0.15) is 0 Å². The van der Waals surface area contributed by atoms with E-state index in [9.17, 15) is 4.79 Å². The highest BCUT2D eigenvalue weighted by atomic mass is 32.1. The number of thiazole rings is 1. The SMILES string of the molecule is Cc1sc(NCCN(C)C)nc1C(=O)O. The Kier molecular flexibility index (Phi) is 4.05. The van der Waals surface area contributed by atoms with E-state index in [1.807, 2.05) is 19.0 Å². The topological polar surface area (TPSA) is 65.5 Å². The van der Waals surface area contributed by atoms with Crippen molar-refractivity contribution in [3.63, 3.8) is 0 Å². The predicted octanol–water partition coefficient (Wildman–Crippen LogP) is 1.12. The predicted molar refractivity (Wildman–Crippen MR) is 60.9 cm³/mol. The van der Waals surface area contributed by atoms with E-state index >= 15 is 0 Å². The summed E-state index contributed by atoms with van der Waals surface area (Å²) in [5.74, 6) is -0.968. The average molecular weight is 229 g/mol. The fraction of sp³-hybridized carbons (Fsp3) is 0.556. The van der Waals surface area contributed by atoms with E-state index in [-0.39, 0.29) is 5.69 Å². The van der Waals surface area contributed by atoms with Crippen molar-refractivity contribution in [1.29, 1.82) is 0 Å². The number of rotatable bonds is 5. The van der Waals surface area contributed by atoms with Crippen molar-refractivity contribution in [1.82, 2.24) is 9.88 Å². The lowest BCUT2D eigenvalue weighted by Gasteiger charge is -2.08. The van der Waals surface area contributed by atoms with Crippen LogP contribution in [0.3, 0.4) is 0 Å². The molecule has 15 heavy (non-hydrogen) atoms. The monoisotopic (exact) mass is 229 g/mol. The van der Waals surface area contributed by atoms with E-state index in [4.69, 9.17) is 5.11 Å². The third-order valence-electron chi connectivity index (χ3n) is 1.83. The molecule has 0 saturated heterocycles. The molecule has 6 heteroatoms. The number of nitrogens with one attached hydrogen (secondary N) is 1. The Morgan fingerprint density at radius 1 is 1.60 bits per heavy atom. The summed E-state index contributed by atoms with van der Waals surface area (Å²) in [6.07, 6.45) is 0. The molecule has 5 nitrogen and oxygen atoms in total. The van der Waals surface area contributed by atoms with E-state index in [1.54, 1.807) is 6.92 Å². The zero-order chi connectivity index (χ0) is 11.4. The van der Waals surface area contributed by atoms with Crippen LogP contribution in [0.25, 0.3) is 0 Å². The lowest BCUT2D eigenvalue weighted by molar-refractivity contribution is 0.0690. The first kappa shape index (κ1) is 11.9. The molecular weight excluding hydrogens is 214 g/mol. The van der Waals surface area contributed by atoms with Crippen LogP contribution in [-0.2, 0) is 0 Å². The Morgan fingerprint density at radius 2 is 2.27 bits per heavy atom. The van der Waals surface area contributed by atoms with Crippen LogP contribution in [0, 0.1) is 6.92 Å². The normalized spacial score (nSPS) is 10.7. The standard InChI is InChI=1S/C9H15N3O2S/c1-6-7(8(13)14)11-9(15-6)10-4-5-12(2)3/h4-5H2,1-3H3,(H,10,11)(H,13,14). The van der Waals surface area contributed by atoms with Gasteiger partial charge in [0.15, 0.2) is 10.8 Å². The summed E-state index contributed by atoms with van der Waals surface area (Å²) < 4.78 is 0. The van der Waals surface area contributed by atoms with Gasteiger partial charge in [0.05, 0.1) is 0 Å². The van der Waals surface area contributed by atoms with Gasteiger partial charge in [-0.15, -0.1) is 11.3 Å². The molecule has 0 aromatic carbocycles. The Morgan fingerprint density at radius 3 is 2.73 bits per heavy atom. The van der Waals surface area contributed by atoms with Crippen molar-refractivity contribution >= 4 is 22.4 Å². The molecule has 0 unspecified atom stereocenters. The molecule has 1 aromatic rings. The fourth-order valence-electron chi connectivity index (χ4n) is 1.06. The van der Waals surface area contributed by atoms with E-state index in [2.05, 4.69) is 10.3 Å². The van der Waals surface area contributed by atoms with Crippen molar-refractivity contribution in [2.75, 3.05) is 32.5 Å². The van der Waals surface area contributed by atoms with Crippen LogP contribution >= 0.6 is 11.3 Å². The Hall–Kier alpha value is -1.14. The molecule has 0 aliphatic rings. The molecule has 0 aliphatic carbocycles. The Balaban J connectivity index is 2.56.